The van der Waals surface area contributed by atoms with Crippen LogP contribution in [-0.2, 0) is 0 Å². The molecule has 0 unspecified atom stereocenters. The first kappa shape index (κ1) is 11.2. The minimum absolute atomic E-state index is 0.254. The van der Waals surface area contributed by atoms with Gasteiger partial charge in [-0.1, -0.05) is 12.1 Å². The summed E-state index contributed by atoms with van der Waals surface area (Å²) >= 11 is 0. The predicted molar refractivity (Wildman–Crippen MR) is 68.6 cm³/mol. The number of nitrogens with zero attached hydrogens (tertiary/aromatic N) is 2. The highest BCUT2D eigenvalue weighted by Gasteiger charge is 2.12. The Balaban J connectivity index is 2.03. The van der Waals surface area contributed by atoms with E-state index in [1.54, 1.807) is 42.9 Å². The normalized spacial score (nSPS) is 10.5. The van der Waals surface area contributed by atoms with Gasteiger partial charge < -0.3 is 5.11 Å². The molecule has 3 rings (SSSR count). The average molecular weight is 254 g/mol. The number of hydrogen-bond acceptors (Lipinski definition) is 3. The maximum atomic E-state index is 10.8. The third-order valence-electron chi connectivity index (χ3n) is 2.85. The van der Waals surface area contributed by atoms with Crippen molar-refractivity contribution in [2.24, 2.45) is 0 Å². The van der Waals surface area contributed by atoms with Crippen LogP contribution < -0.4 is 0 Å². The molecule has 0 saturated carbocycles. The van der Waals surface area contributed by atoms with Crippen molar-refractivity contribution in [3.8, 4) is 22.4 Å². The zero-order chi connectivity index (χ0) is 13.2. The standard InChI is InChI=1S/C13H10N4O2/c18-13(19)9-3-1-8(2-4-9)12-11(7-16-17-12)10-5-14-15-6-10/h1-7H,(H,14,15)(H,16,17)(H,18,19). The summed E-state index contributed by atoms with van der Waals surface area (Å²) in [6.45, 7) is 0. The fraction of sp³-hybridized carbons (Fsp3) is 0. The number of aromatic carboxylic acids is 1. The first-order chi connectivity index (χ1) is 9.25. The van der Waals surface area contributed by atoms with E-state index in [0.717, 1.165) is 22.4 Å². The number of aromatic nitrogens is 4. The molecule has 2 heterocycles. The highest BCUT2D eigenvalue weighted by atomic mass is 16.4. The molecule has 19 heavy (non-hydrogen) atoms. The molecule has 0 amide bonds. The first-order valence-electron chi connectivity index (χ1n) is 5.62. The zero-order valence-corrected chi connectivity index (χ0v) is 9.79. The molecule has 0 fully saturated rings. The number of aromatic amines is 2. The third-order valence-corrected chi connectivity index (χ3v) is 2.85. The van der Waals surface area contributed by atoms with E-state index in [4.69, 9.17) is 5.11 Å². The third kappa shape index (κ3) is 1.99. The van der Waals surface area contributed by atoms with E-state index in [1.807, 2.05) is 0 Å². The Labute approximate surface area is 108 Å². The van der Waals surface area contributed by atoms with Gasteiger partial charge in [-0.3, -0.25) is 10.2 Å². The summed E-state index contributed by atoms with van der Waals surface area (Å²) in [5, 5.41) is 22.6. The summed E-state index contributed by atoms with van der Waals surface area (Å²) in [5.41, 5.74) is 3.70. The van der Waals surface area contributed by atoms with Crippen molar-refractivity contribution in [1.82, 2.24) is 20.4 Å². The predicted octanol–water partition coefficient (Wildman–Crippen LogP) is 2.17. The van der Waals surface area contributed by atoms with Gasteiger partial charge in [0.05, 0.1) is 17.5 Å². The lowest BCUT2D eigenvalue weighted by molar-refractivity contribution is 0.0697. The molecule has 0 radical (unpaired) electrons. The van der Waals surface area contributed by atoms with E-state index >= 15 is 0 Å². The molecule has 0 aliphatic heterocycles. The van der Waals surface area contributed by atoms with Gasteiger partial charge in [0.1, 0.15) is 0 Å². The fourth-order valence-corrected chi connectivity index (χ4v) is 1.90. The van der Waals surface area contributed by atoms with Crippen LogP contribution in [0.5, 0.6) is 0 Å². The Morgan fingerprint density at radius 3 is 2.47 bits per heavy atom. The van der Waals surface area contributed by atoms with Gasteiger partial charge in [-0.15, -0.1) is 0 Å². The number of hydrogen-bond donors (Lipinski definition) is 3. The van der Waals surface area contributed by atoms with Crippen molar-refractivity contribution in [2.45, 2.75) is 0 Å². The number of benzene rings is 1. The van der Waals surface area contributed by atoms with Crippen molar-refractivity contribution < 1.29 is 9.90 Å². The molecule has 0 atom stereocenters. The summed E-state index contributed by atoms with van der Waals surface area (Å²) in [6.07, 6.45) is 5.27. The molecule has 0 spiro atoms. The number of carbonyl (C=O) groups is 1. The Bertz CT molecular complexity index is 699. The van der Waals surface area contributed by atoms with Gasteiger partial charge >= 0.3 is 5.97 Å². The van der Waals surface area contributed by atoms with Gasteiger partial charge in [0.15, 0.2) is 0 Å². The monoisotopic (exact) mass is 254 g/mol. The lowest BCUT2D eigenvalue weighted by Gasteiger charge is -2.01. The number of H-pyrrole nitrogens is 2. The minimum atomic E-state index is -0.941. The largest absolute Gasteiger partial charge is 0.478 e. The minimum Gasteiger partial charge on any atom is -0.478 e. The van der Waals surface area contributed by atoms with Crippen LogP contribution in [0.25, 0.3) is 22.4 Å². The Morgan fingerprint density at radius 2 is 1.84 bits per heavy atom. The smallest absolute Gasteiger partial charge is 0.335 e. The van der Waals surface area contributed by atoms with Crippen LogP contribution in [0.2, 0.25) is 0 Å². The first-order valence-corrected chi connectivity index (χ1v) is 5.62. The summed E-state index contributed by atoms with van der Waals surface area (Å²) in [5.74, 6) is -0.941. The van der Waals surface area contributed by atoms with Crippen molar-refractivity contribution in [3.63, 3.8) is 0 Å². The molecular formula is C13H10N4O2. The molecule has 3 aromatic rings. The highest BCUT2D eigenvalue weighted by Crippen LogP contribution is 2.29. The Kier molecular flexibility index (Phi) is 2.60. The second-order valence-electron chi connectivity index (χ2n) is 4.02. The highest BCUT2D eigenvalue weighted by molar-refractivity contribution is 5.89. The Hall–Kier alpha value is -2.89. The number of rotatable bonds is 3. The number of nitrogens with one attached hydrogen (secondary N) is 2. The van der Waals surface area contributed by atoms with E-state index < -0.39 is 5.97 Å². The fourth-order valence-electron chi connectivity index (χ4n) is 1.90. The van der Waals surface area contributed by atoms with Gasteiger partial charge in [0, 0.05) is 29.1 Å². The van der Waals surface area contributed by atoms with E-state index in [-0.39, 0.29) is 5.56 Å². The van der Waals surface area contributed by atoms with Crippen molar-refractivity contribution in [1.29, 1.82) is 0 Å². The molecule has 0 bridgehead atoms. The van der Waals surface area contributed by atoms with E-state index in [2.05, 4.69) is 20.4 Å². The van der Waals surface area contributed by atoms with E-state index in [9.17, 15) is 4.79 Å². The second kappa shape index (κ2) is 4.41. The van der Waals surface area contributed by atoms with Crippen LogP contribution in [0.1, 0.15) is 10.4 Å². The molecule has 2 aromatic heterocycles. The van der Waals surface area contributed by atoms with Gasteiger partial charge in [-0.25, -0.2) is 4.79 Å². The molecule has 1 aromatic carbocycles. The number of carboxylic acid groups (broad SMARTS) is 1. The molecule has 0 aliphatic carbocycles. The van der Waals surface area contributed by atoms with Crippen LogP contribution in [0.4, 0.5) is 0 Å². The molecule has 94 valence electrons. The maximum absolute atomic E-state index is 10.8. The van der Waals surface area contributed by atoms with Crippen LogP contribution in [-0.4, -0.2) is 31.5 Å². The van der Waals surface area contributed by atoms with Crippen LogP contribution >= 0.6 is 0 Å². The second-order valence-corrected chi connectivity index (χ2v) is 4.02. The van der Waals surface area contributed by atoms with Crippen molar-refractivity contribution in [2.75, 3.05) is 0 Å². The topological polar surface area (TPSA) is 94.7 Å². The molecule has 6 heteroatoms. The van der Waals surface area contributed by atoms with Gasteiger partial charge in [-0.2, -0.15) is 10.2 Å². The van der Waals surface area contributed by atoms with Crippen LogP contribution in [0.15, 0.2) is 42.9 Å². The Morgan fingerprint density at radius 1 is 1.05 bits per heavy atom. The quantitative estimate of drug-likeness (QED) is 0.667. The van der Waals surface area contributed by atoms with Crippen molar-refractivity contribution in [3.05, 3.63) is 48.4 Å². The van der Waals surface area contributed by atoms with Crippen LogP contribution in [0, 0.1) is 0 Å². The summed E-state index contributed by atoms with van der Waals surface area (Å²) < 4.78 is 0. The SMILES string of the molecule is O=C(O)c1ccc(-c2n[nH]cc2-c2cn[nH]c2)cc1. The average Bonchev–Trinajstić information content (AvgIpc) is 3.09. The van der Waals surface area contributed by atoms with Crippen molar-refractivity contribution >= 4 is 5.97 Å². The van der Waals surface area contributed by atoms with Crippen LogP contribution in [0.3, 0.4) is 0 Å². The van der Waals surface area contributed by atoms with E-state index in [0.29, 0.717) is 0 Å². The maximum Gasteiger partial charge on any atom is 0.335 e. The molecular weight excluding hydrogens is 244 g/mol. The molecule has 0 aliphatic rings. The lowest BCUT2D eigenvalue weighted by atomic mass is 10.0. The summed E-state index contributed by atoms with van der Waals surface area (Å²) in [6, 6.07) is 6.60. The molecule has 6 nitrogen and oxygen atoms in total. The summed E-state index contributed by atoms with van der Waals surface area (Å²) in [4.78, 5) is 10.8. The summed E-state index contributed by atoms with van der Waals surface area (Å²) in [7, 11) is 0. The number of carboxylic acids is 1. The lowest BCUT2D eigenvalue weighted by Crippen LogP contribution is -1.95. The molecule has 0 saturated heterocycles. The van der Waals surface area contributed by atoms with Gasteiger partial charge in [0.2, 0.25) is 0 Å². The van der Waals surface area contributed by atoms with Gasteiger partial charge in [0.25, 0.3) is 0 Å². The van der Waals surface area contributed by atoms with E-state index in [1.165, 1.54) is 0 Å². The van der Waals surface area contributed by atoms with Gasteiger partial charge in [-0.05, 0) is 12.1 Å². The molecule has 3 N–H and O–H groups in total. The zero-order valence-electron chi connectivity index (χ0n) is 9.79.